The smallest absolute Gasteiger partial charge is 0.130 e. The van der Waals surface area contributed by atoms with Gasteiger partial charge in [0.15, 0.2) is 0 Å². The third kappa shape index (κ3) is 2.83. The van der Waals surface area contributed by atoms with Crippen LogP contribution in [0.25, 0.3) is 6.08 Å². The minimum absolute atomic E-state index is 0.367. The maximum Gasteiger partial charge on any atom is 0.130 e. The molecule has 0 radical (unpaired) electrons. The average molecular weight is 324 g/mol. The van der Waals surface area contributed by atoms with Crippen molar-refractivity contribution in [3.8, 4) is 0 Å². The van der Waals surface area contributed by atoms with E-state index in [0.717, 1.165) is 0 Å². The molecule has 1 aliphatic rings. The fourth-order valence-electron chi connectivity index (χ4n) is 3.33. The van der Waals surface area contributed by atoms with Gasteiger partial charge in [-0.2, -0.15) is 0 Å². The van der Waals surface area contributed by atoms with E-state index >= 15 is 0 Å². The van der Waals surface area contributed by atoms with E-state index in [9.17, 15) is 0 Å². The molecular formula is C23H20N2. The zero-order valence-electron chi connectivity index (χ0n) is 13.9. The highest BCUT2D eigenvalue weighted by Crippen LogP contribution is 2.39. The Balaban J connectivity index is 1.80. The van der Waals surface area contributed by atoms with E-state index in [1.807, 2.05) is 12.3 Å². The second-order valence-electron chi connectivity index (χ2n) is 6.06. The lowest BCUT2D eigenvalue weighted by molar-refractivity contribution is 0.221. The molecule has 1 N–H and O–H groups in total. The van der Waals surface area contributed by atoms with Gasteiger partial charge in [-0.3, -0.25) is 5.01 Å². The van der Waals surface area contributed by atoms with Crippen molar-refractivity contribution in [1.29, 1.82) is 0 Å². The van der Waals surface area contributed by atoms with Crippen LogP contribution in [0.4, 0.5) is 0 Å². The molecule has 1 heterocycles. The SMILES string of the molecule is C1=CC(c2ccccc2)(c2ccccc2)N(C=Cc2ccccc2)N1. The van der Waals surface area contributed by atoms with Crippen LogP contribution in [0, 0.1) is 0 Å². The molecule has 1 aliphatic heterocycles. The van der Waals surface area contributed by atoms with Crippen LogP contribution >= 0.6 is 0 Å². The minimum Gasteiger partial charge on any atom is -0.305 e. The minimum atomic E-state index is -0.367. The van der Waals surface area contributed by atoms with Crippen molar-refractivity contribution >= 4 is 6.08 Å². The molecule has 3 aromatic carbocycles. The molecule has 0 spiro atoms. The molecule has 4 rings (SSSR count). The predicted octanol–water partition coefficient (Wildman–Crippen LogP) is 4.94. The molecule has 0 aromatic heterocycles. The van der Waals surface area contributed by atoms with Gasteiger partial charge in [0.25, 0.3) is 0 Å². The highest BCUT2D eigenvalue weighted by molar-refractivity contribution is 5.51. The van der Waals surface area contributed by atoms with E-state index < -0.39 is 0 Å². The molecule has 0 aliphatic carbocycles. The summed E-state index contributed by atoms with van der Waals surface area (Å²) in [6.45, 7) is 0. The van der Waals surface area contributed by atoms with Crippen LogP contribution in [0.15, 0.2) is 109 Å². The van der Waals surface area contributed by atoms with E-state index in [1.54, 1.807) is 0 Å². The van der Waals surface area contributed by atoms with E-state index in [4.69, 9.17) is 0 Å². The van der Waals surface area contributed by atoms with E-state index in [0.29, 0.717) is 0 Å². The van der Waals surface area contributed by atoms with E-state index in [-0.39, 0.29) is 5.54 Å². The molecule has 0 fully saturated rings. The summed E-state index contributed by atoms with van der Waals surface area (Å²) in [5.41, 5.74) is 6.63. The molecule has 0 amide bonds. The van der Waals surface area contributed by atoms with Gasteiger partial charge in [-0.1, -0.05) is 91.0 Å². The Bertz CT molecular complexity index is 828. The molecule has 0 saturated carbocycles. The molecule has 0 atom stereocenters. The fourth-order valence-corrected chi connectivity index (χ4v) is 3.33. The zero-order valence-corrected chi connectivity index (χ0v) is 13.9. The van der Waals surface area contributed by atoms with Crippen LogP contribution in [0.2, 0.25) is 0 Å². The third-order valence-corrected chi connectivity index (χ3v) is 4.56. The van der Waals surface area contributed by atoms with Gasteiger partial charge in [0.05, 0.1) is 0 Å². The summed E-state index contributed by atoms with van der Waals surface area (Å²) >= 11 is 0. The first-order chi connectivity index (χ1) is 12.4. The normalized spacial score (nSPS) is 15.4. The molecule has 0 unspecified atom stereocenters. The van der Waals surface area contributed by atoms with Crippen LogP contribution in [0.5, 0.6) is 0 Å². The lowest BCUT2D eigenvalue weighted by Gasteiger charge is -2.37. The predicted molar refractivity (Wildman–Crippen MR) is 103 cm³/mol. The van der Waals surface area contributed by atoms with Gasteiger partial charge in [0.1, 0.15) is 5.54 Å². The van der Waals surface area contributed by atoms with E-state index in [1.165, 1.54) is 16.7 Å². The maximum atomic E-state index is 3.38. The maximum absolute atomic E-state index is 3.38. The number of hydrazine groups is 1. The lowest BCUT2D eigenvalue weighted by Crippen LogP contribution is -2.43. The summed E-state index contributed by atoms with van der Waals surface area (Å²) in [5, 5.41) is 2.16. The molecule has 0 saturated heterocycles. The zero-order chi connectivity index (χ0) is 17.0. The van der Waals surface area contributed by atoms with Crippen LogP contribution in [0.1, 0.15) is 16.7 Å². The number of nitrogens with one attached hydrogen (secondary N) is 1. The molecule has 122 valence electrons. The molecule has 2 nitrogen and oxygen atoms in total. The molecule has 25 heavy (non-hydrogen) atoms. The number of hydrogen-bond donors (Lipinski definition) is 1. The Morgan fingerprint density at radius 3 is 1.76 bits per heavy atom. The second-order valence-corrected chi connectivity index (χ2v) is 6.06. The number of hydrogen-bond acceptors (Lipinski definition) is 2. The number of rotatable bonds is 4. The highest BCUT2D eigenvalue weighted by Gasteiger charge is 2.39. The Labute approximate surface area is 148 Å². The van der Waals surface area contributed by atoms with Gasteiger partial charge >= 0.3 is 0 Å². The first-order valence-electron chi connectivity index (χ1n) is 8.47. The largest absolute Gasteiger partial charge is 0.305 e. The van der Waals surface area contributed by atoms with Crippen LogP contribution in [0.3, 0.4) is 0 Å². The van der Waals surface area contributed by atoms with Crippen molar-refractivity contribution in [2.24, 2.45) is 0 Å². The standard InChI is InChI=1S/C23H20N2/c1-4-10-20(11-5-1)16-19-25-23(17-18-24-25,21-12-6-2-7-13-21)22-14-8-3-9-15-22/h1-19,24H. The fraction of sp³-hybridized carbons (Fsp3) is 0.0435. The Morgan fingerprint density at radius 2 is 1.20 bits per heavy atom. The summed E-state index contributed by atoms with van der Waals surface area (Å²) in [7, 11) is 0. The summed E-state index contributed by atoms with van der Waals surface area (Å²) in [6.07, 6.45) is 8.46. The van der Waals surface area contributed by atoms with Gasteiger partial charge in [-0.25, -0.2) is 0 Å². The van der Waals surface area contributed by atoms with Crippen molar-refractivity contribution in [2.75, 3.05) is 0 Å². The van der Waals surface area contributed by atoms with Crippen molar-refractivity contribution in [1.82, 2.24) is 10.4 Å². The van der Waals surface area contributed by atoms with Gasteiger partial charge in [-0.05, 0) is 28.8 Å². The van der Waals surface area contributed by atoms with Crippen LogP contribution in [-0.2, 0) is 5.54 Å². The second kappa shape index (κ2) is 6.70. The summed E-state index contributed by atoms with van der Waals surface area (Å²) in [4.78, 5) is 0. The molecule has 2 heteroatoms. The first-order valence-corrected chi connectivity index (χ1v) is 8.47. The van der Waals surface area contributed by atoms with Crippen molar-refractivity contribution in [3.63, 3.8) is 0 Å². The Hall–Kier alpha value is -3.26. The molecule has 3 aromatic rings. The van der Waals surface area contributed by atoms with E-state index in [2.05, 4.69) is 114 Å². The lowest BCUT2D eigenvalue weighted by atomic mass is 9.83. The monoisotopic (exact) mass is 324 g/mol. The van der Waals surface area contributed by atoms with Crippen molar-refractivity contribution in [2.45, 2.75) is 5.54 Å². The van der Waals surface area contributed by atoms with Crippen molar-refractivity contribution in [3.05, 3.63) is 126 Å². The van der Waals surface area contributed by atoms with Gasteiger partial charge in [-0.15, -0.1) is 0 Å². The van der Waals surface area contributed by atoms with Crippen LogP contribution < -0.4 is 5.43 Å². The Kier molecular flexibility index (Phi) is 4.09. The van der Waals surface area contributed by atoms with Gasteiger partial charge in [0.2, 0.25) is 0 Å². The third-order valence-electron chi connectivity index (χ3n) is 4.56. The number of benzene rings is 3. The van der Waals surface area contributed by atoms with Gasteiger partial charge in [0, 0.05) is 12.4 Å². The summed E-state index contributed by atoms with van der Waals surface area (Å²) in [6, 6.07) is 31.5. The highest BCUT2D eigenvalue weighted by atomic mass is 15.5. The summed E-state index contributed by atoms with van der Waals surface area (Å²) < 4.78 is 0. The summed E-state index contributed by atoms with van der Waals surface area (Å²) in [5.74, 6) is 0. The number of nitrogens with zero attached hydrogens (tertiary/aromatic N) is 1. The topological polar surface area (TPSA) is 15.3 Å². The molecular weight excluding hydrogens is 304 g/mol. The quantitative estimate of drug-likeness (QED) is 0.731. The Morgan fingerprint density at radius 1 is 0.680 bits per heavy atom. The average Bonchev–Trinajstić information content (AvgIpc) is 3.13. The van der Waals surface area contributed by atoms with Crippen LogP contribution in [-0.4, -0.2) is 5.01 Å². The first kappa shape index (κ1) is 15.3. The van der Waals surface area contributed by atoms with Gasteiger partial charge < -0.3 is 5.43 Å². The molecule has 0 bridgehead atoms. The van der Waals surface area contributed by atoms with Crippen molar-refractivity contribution < 1.29 is 0 Å².